The maximum atomic E-state index is 12.9. The molecule has 0 bridgehead atoms. The van der Waals surface area contributed by atoms with E-state index in [0.717, 1.165) is 105 Å². The molecule has 12 aliphatic rings. The molecule has 434 valence electrons. The van der Waals surface area contributed by atoms with Crippen LogP contribution < -0.4 is 16.0 Å². The van der Waals surface area contributed by atoms with Gasteiger partial charge in [0.15, 0.2) is 22.4 Å². The molecule has 0 aromatic heterocycles. The zero-order chi connectivity index (χ0) is 56.2. The van der Waals surface area contributed by atoms with Crippen LogP contribution in [0, 0.1) is 79.1 Å². The summed E-state index contributed by atoms with van der Waals surface area (Å²) < 4.78 is 15.4. The number of rotatable bonds is 9. The first-order valence-electron chi connectivity index (χ1n) is 31.9. The number of amides is 1. The van der Waals surface area contributed by atoms with E-state index in [1.54, 1.807) is 16.7 Å². The van der Waals surface area contributed by atoms with Gasteiger partial charge in [0.2, 0.25) is 10.8 Å². The Balaban J connectivity index is 0.000000169. The Morgan fingerprint density at radius 1 is 0.762 bits per heavy atom. The summed E-state index contributed by atoms with van der Waals surface area (Å²) >= 11 is 2.20. The molecule has 2 spiro atoms. The zero-order valence-corrected chi connectivity index (χ0v) is 51.9. The van der Waals surface area contributed by atoms with Gasteiger partial charge in [0, 0.05) is 86.0 Å². The summed E-state index contributed by atoms with van der Waals surface area (Å²) in [7, 11) is 0. The van der Waals surface area contributed by atoms with Crippen LogP contribution in [-0.4, -0.2) is 102 Å². The number of aryl methyl sites for hydroxylation is 1. The number of nitrogens with zero attached hydrogens (tertiary/aromatic N) is 4. The van der Waals surface area contributed by atoms with Crippen molar-refractivity contribution in [2.45, 2.75) is 206 Å². The molecule has 13 rings (SSSR count). The van der Waals surface area contributed by atoms with Gasteiger partial charge in [-0.05, 0) is 232 Å². The number of piperidine rings is 2. The summed E-state index contributed by atoms with van der Waals surface area (Å²) in [6, 6.07) is 6.72. The average molecular weight is 1210 g/mol. The number of likely N-dealkylation sites (tertiary alicyclic amines) is 2. The third-order valence-corrected chi connectivity index (χ3v) is 25.8. The van der Waals surface area contributed by atoms with E-state index in [1.807, 2.05) is 30.4 Å². The van der Waals surface area contributed by atoms with E-state index in [-0.39, 0.29) is 34.0 Å². The van der Waals surface area contributed by atoms with Crippen molar-refractivity contribution in [1.29, 1.82) is 5.53 Å². The van der Waals surface area contributed by atoms with Crippen molar-refractivity contribution in [2.24, 2.45) is 80.9 Å². The van der Waals surface area contributed by atoms with Crippen molar-refractivity contribution < 1.29 is 23.9 Å². The number of carbonyl (C=O) groups excluding carboxylic acids is 3. The van der Waals surface area contributed by atoms with Gasteiger partial charge in [-0.1, -0.05) is 69.9 Å². The minimum atomic E-state index is -0.183. The normalized spacial score (nSPS) is 42.7. The number of carbonyl (C=O) groups is 3. The molecule has 80 heavy (non-hydrogen) atoms. The number of fused-ring (bicyclic) bond motifs is 12. The first-order valence-corrected chi connectivity index (χ1v) is 32.9. The second-order valence-electron chi connectivity index (χ2n) is 28.7. The Morgan fingerprint density at radius 3 is 1.76 bits per heavy atom. The number of halogens is 1. The third kappa shape index (κ3) is 9.53. The Kier molecular flexibility index (Phi) is 15.8. The summed E-state index contributed by atoms with van der Waals surface area (Å²) in [5.41, 5.74) is 24.4. The van der Waals surface area contributed by atoms with Crippen LogP contribution in [0.2, 0.25) is 0 Å². The van der Waals surface area contributed by atoms with E-state index in [1.165, 1.54) is 68.1 Å². The van der Waals surface area contributed by atoms with Crippen molar-refractivity contribution in [3.63, 3.8) is 0 Å². The largest absolute Gasteiger partial charge is 0.365 e. The Morgan fingerprint density at radius 2 is 1.27 bits per heavy atom. The molecule has 4 N–H and O–H groups in total. The number of hydrogen-bond donors (Lipinski definition) is 3. The minimum Gasteiger partial charge on any atom is -0.365 e. The highest BCUT2D eigenvalue weighted by Gasteiger charge is 2.64. The molecule has 4 saturated carbocycles. The summed E-state index contributed by atoms with van der Waals surface area (Å²) in [5.74, 6) is 7.29. The molecular weight excluding hydrogens is 1110 g/mol. The quantitative estimate of drug-likeness (QED) is 0.0952. The third-order valence-electron chi connectivity index (χ3n) is 24.9. The van der Waals surface area contributed by atoms with Gasteiger partial charge < -0.3 is 20.5 Å². The second kappa shape index (κ2) is 22.0. The fraction of sp³-hybridized carbons (Fsp3) is 0.746. The Hall–Kier alpha value is -3.17. The molecule has 8 aliphatic carbocycles. The van der Waals surface area contributed by atoms with Gasteiger partial charge in [0.05, 0.1) is 23.4 Å². The average Bonchev–Trinajstić information content (AvgIpc) is 4.33. The first-order chi connectivity index (χ1) is 38.3. The molecule has 0 unspecified atom stereocenters. The highest BCUT2D eigenvalue weighted by molar-refractivity contribution is 14.1. The van der Waals surface area contributed by atoms with Crippen molar-refractivity contribution in [3.8, 4) is 0 Å². The van der Waals surface area contributed by atoms with Gasteiger partial charge in [-0.2, -0.15) is 0 Å². The lowest BCUT2D eigenvalue weighted by molar-refractivity contribution is -0.121. The minimum absolute atomic E-state index is 0.0757. The number of nitrogens with one attached hydrogen (secondary N) is 2. The molecule has 4 saturated heterocycles. The summed E-state index contributed by atoms with van der Waals surface area (Å²) in [5, 5.41) is 7.02. The summed E-state index contributed by atoms with van der Waals surface area (Å²) in [6.45, 7) is 24.9. The van der Waals surface area contributed by atoms with Crippen LogP contribution >= 0.6 is 22.6 Å². The highest BCUT2D eigenvalue weighted by atomic mass is 127. The summed E-state index contributed by atoms with van der Waals surface area (Å²) in [4.78, 5) is 45.8. The number of allylic oxidation sites excluding steroid dienone is 6. The van der Waals surface area contributed by atoms with Crippen LogP contribution in [0.15, 0.2) is 68.9 Å². The van der Waals surface area contributed by atoms with Gasteiger partial charge in [-0.3, -0.25) is 24.2 Å². The molecule has 12 nitrogen and oxygen atoms in total. The molecule has 13 heteroatoms. The van der Waals surface area contributed by atoms with Crippen LogP contribution in [0.5, 0.6) is 0 Å². The van der Waals surface area contributed by atoms with Gasteiger partial charge in [-0.25, -0.2) is 0 Å². The van der Waals surface area contributed by atoms with Crippen molar-refractivity contribution in [2.75, 3.05) is 39.3 Å². The van der Waals surface area contributed by atoms with E-state index in [4.69, 9.17) is 20.7 Å². The smallest absolute Gasteiger partial charge is 0.220 e. The fourth-order valence-electron chi connectivity index (χ4n) is 21.0. The SMILES string of the molecule is CC1=C2C[C@H]3[C@@H](CCC4=CC(=O)CC[C@@]43C)[C@@H]2CC[C@]12O[C@@H]1C[C@H](C)CN(CCN)[C@H]1[C@H]2C.CC1=C2C[C@H]3[C@@H](CCC4=CC(=O)CC[C@@]43C)[C@@H]2CC[C@]12O[C@@H]1C[C@H](C)CN(CCNC(=O)CCc3ccc(N=[N+]=N)c(I)c3)[C@H]1[C@H]2C. The van der Waals surface area contributed by atoms with Crippen LogP contribution in [0.1, 0.15) is 170 Å². The van der Waals surface area contributed by atoms with E-state index < -0.39 is 0 Å². The van der Waals surface area contributed by atoms with Gasteiger partial charge in [0.25, 0.3) is 0 Å². The molecule has 18 atom stereocenters. The molecule has 4 aliphatic heterocycles. The number of ketones is 2. The van der Waals surface area contributed by atoms with Crippen LogP contribution in [0.4, 0.5) is 5.69 Å². The summed E-state index contributed by atoms with van der Waals surface area (Å²) in [6.07, 6.45) is 23.6. The van der Waals surface area contributed by atoms with Crippen LogP contribution in [-0.2, 0) is 30.3 Å². The van der Waals surface area contributed by atoms with Crippen molar-refractivity contribution in [1.82, 2.24) is 20.0 Å². The predicted molar refractivity (Wildman–Crippen MR) is 322 cm³/mol. The number of hydrogen-bond acceptors (Lipinski definition) is 10. The molecule has 1 amide bonds. The monoisotopic (exact) mass is 1200 g/mol. The van der Waals surface area contributed by atoms with E-state index in [2.05, 4.69) is 103 Å². The standard InChI is InChI=1S/C38H50IN5O3.C29H44N2O2/c1-22-17-34-36(44(21-22)16-15-41-35(46)10-6-25-5-9-33(42-43-40)32(39)18-25)24(3)38(47-34)14-12-28-29-8-7-26-19-27(45)11-13-37(26,4)31(29)20-30(28)23(38)2;1-17-13-26-27(31(16-17)12-11-30)19(3)29(33-26)10-8-22-23-6-5-20-14-21(32)7-9-28(20,4)25(23)15-24(22)18(29)2/h5,9,18-19,22,24,28-29,31,34,36,40H,6-8,10-17,20-21H2,1-4H3;14,17,19,22-23,25-27H,5-13,15-16,30H2,1-4H3/p+1/t22-,24+,28-,29-,31-,34+,36-,37-,38-;17-,19+,22-,23-,25-,26+,27-,28-,29-/m00/s1. The molecule has 0 radical (unpaired) electrons. The number of benzene rings is 1. The number of nitrogens with two attached hydrogens (primary N) is 1. The van der Waals surface area contributed by atoms with Gasteiger partial charge in [0.1, 0.15) is 5.53 Å². The van der Waals surface area contributed by atoms with Crippen LogP contribution in [0.3, 0.4) is 0 Å². The van der Waals surface area contributed by atoms with Crippen molar-refractivity contribution >= 4 is 45.8 Å². The maximum Gasteiger partial charge on any atom is 0.220 e. The van der Waals surface area contributed by atoms with Gasteiger partial charge >= 0.3 is 0 Å². The topological polar surface area (TPSA) is 165 Å². The van der Waals surface area contributed by atoms with Crippen LogP contribution in [0.25, 0.3) is 0 Å². The molecule has 1 aromatic rings. The van der Waals surface area contributed by atoms with Gasteiger partial charge in [-0.15, -0.1) is 0 Å². The second-order valence-corrected chi connectivity index (χ2v) is 29.8. The molecular formula is C67H95IN7O5+. The van der Waals surface area contributed by atoms with E-state index in [0.29, 0.717) is 103 Å². The first kappa shape index (κ1) is 57.3. The highest BCUT2D eigenvalue weighted by Crippen LogP contribution is 2.68. The lowest BCUT2D eigenvalue weighted by atomic mass is 9.56. The molecule has 1 aromatic carbocycles. The Labute approximate surface area is 491 Å². The van der Waals surface area contributed by atoms with Crippen molar-refractivity contribution in [3.05, 3.63) is 72.9 Å². The number of ether oxygens (including phenoxy) is 2. The lowest BCUT2D eigenvalue weighted by Crippen LogP contribution is -2.54. The predicted octanol–water partition coefficient (Wildman–Crippen LogP) is 12.3. The van der Waals surface area contributed by atoms with E-state index in [9.17, 15) is 14.4 Å². The Bertz CT molecular complexity index is 2840. The van der Waals surface area contributed by atoms with E-state index >= 15 is 0 Å². The zero-order valence-electron chi connectivity index (χ0n) is 49.7. The maximum absolute atomic E-state index is 12.9. The lowest BCUT2D eigenvalue weighted by Gasteiger charge is -2.48. The fourth-order valence-corrected chi connectivity index (χ4v) is 21.7. The molecule has 8 fully saturated rings. The molecule has 4 heterocycles.